The molecule has 1 amide bonds. The number of hydrogen-bond acceptors (Lipinski definition) is 6. The van der Waals surface area contributed by atoms with E-state index < -0.39 is 6.10 Å². The van der Waals surface area contributed by atoms with Crippen molar-refractivity contribution in [1.82, 2.24) is 9.80 Å². The molecule has 0 fully saturated rings. The molecule has 0 aliphatic carbocycles. The molecule has 0 saturated carbocycles. The fourth-order valence-corrected chi connectivity index (χ4v) is 5.24. The van der Waals surface area contributed by atoms with E-state index >= 15 is 0 Å². The second kappa shape index (κ2) is 13.2. The van der Waals surface area contributed by atoms with Crippen LogP contribution in [0.15, 0.2) is 35.7 Å². The van der Waals surface area contributed by atoms with Crippen molar-refractivity contribution < 1.29 is 19.4 Å². The lowest BCUT2D eigenvalue weighted by molar-refractivity contribution is -0.136. The molecular formula is C27H40N2O4S. The molecule has 7 heteroatoms. The highest BCUT2D eigenvalue weighted by Crippen LogP contribution is 2.34. The van der Waals surface area contributed by atoms with Crippen LogP contribution in [0.25, 0.3) is 0 Å². The number of fused-ring (bicyclic) bond motifs is 1. The van der Waals surface area contributed by atoms with E-state index in [1.165, 1.54) is 16.0 Å². The molecule has 6 nitrogen and oxygen atoms in total. The molecule has 0 bridgehead atoms. The number of ether oxygens (including phenoxy) is 2. The first-order valence-electron chi connectivity index (χ1n) is 12.4. The minimum atomic E-state index is -0.608. The van der Waals surface area contributed by atoms with Crippen LogP contribution in [0.5, 0.6) is 5.75 Å². The molecule has 1 aliphatic heterocycles. The smallest absolute Gasteiger partial charge is 0.237 e. The fourth-order valence-electron chi connectivity index (χ4n) is 4.31. The first-order valence-corrected chi connectivity index (χ1v) is 13.3. The average molecular weight is 489 g/mol. The zero-order valence-electron chi connectivity index (χ0n) is 21.0. The first-order chi connectivity index (χ1) is 16.4. The van der Waals surface area contributed by atoms with Crippen molar-refractivity contribution in [3.8, 4) is 5.75 Å². The maximum absolute atomic E-state index is 13.5. The number of aryl methyl sites for hydroxylation is 1. The Balaban J connectivity index is 1.64. The topological polar surface area (TPSA) is 62.2 Å². The van der Waals surface area contributed by atoms with Gasteiger partial charge in [-0.15, -0.1) is 11.3 Å². The van der Waals surface area contributed by atoms with Crippen LogP contribution in [-0.4, -0.2) is 72.9 Å². The molecule has 1 aliphatic rings. The largest absolute Gasteiger partial charge is 0.491 e. The summed E-state index contributed by atoms with van der Waals surface area (Å²) in [7, 11) is 0. The molecule has 3 rings (SSSR count). The first kappa shape index (κ1) is 26.7. The molecule has 2 unspecified atom stereocenters. The molecular weight excluding hydrogens is 448 g/mol. The Morgan fingerprint density at radius 3 is 2.71 bits per heavy atom. The van der Waals surface area contributed by atoms with Crippen LogP contribution in [0.2, 0.25) is 0 Å². The predicted molar refractivity (Wildman–Crippen MR) is 138 cm³/mol. The van der Waals surface area contributed by atoms with Gasteiger partial charge in [0.05, 0.1) is 25.3 Å². The molecule has 2 aromatic rings. The van der Waals surface area contributed by atoms with Gasteiger partial charge in [-0.2, -0.15) is 0 Å². The lowest BCUT2D eigenvalue weighted by Gasteiger charge is -2.37. The Labute approximate surface area is 208 Å². The molecule has 188 valence electrons. The second-order valence-corrected chi connectivity index (χ2v) is 10.6. The molecule has 2 heterocycles. The third-order valence-corrected chi connectivity index (χ3v) is 6.97. The van der Waals surface area contributed by atoms with Crippen molar-refractivity contribution in [3.05, 3.63) is 51.7 Å². The van der Waals surface area contributed by atoms with Crippen LogP contribution in [0, 0.1) is 12.8 Å². The van der Waals surface area contributed by atoms with Crippen molar-refractivity contribution in [2.45, 2.75) is 52.7 Å². The van der Waals surface area contributed by atoms with Gasteiger partial charge in [0.15, 0.2) is 0 Å². The highest BCUT2D eigenvalue weighted by atomic mass is 32.1. The number of hydrogen-bond donors (Lipinski definition) is 1. The summed E-state index contributed by atoms with van der Waals surface area (Å²) in [5.74, 6) is 1.33. The van der Waals surface area contributed by atoms with Gasteiger partial charge in [-0.3, -0.25) is 9.69 Å². The van der Waals surface area contributed by atoms with E-state index in [1.54, 1.807) is 11.3 Å². The van der Waals surface area contributed by atoms with Crippen LogP contribution >= 0.6 is 11.3 Å². The molecule has 1 N–H and O–H groups in total. The number of carbonyl (C=O) groups excluding carboxylic acids is 1. The van der Waals surface area contributed by atoms with Crippen molar-refractivity contribution in [2.75, 3.05) is 46.0 Å². The fraction of sp³-hybridized carbons (Fsp3) is 0.593. The zero-order chi connectivity index (χ0) is 24.5. The van der Waals surface area contributed by atoms with E-state index in [2.05, 4.69) is 39.1 Å². The molecule has 34 heavy (non-hydrogen) atoms. The highest BCUT2D eigenvalue weighted by Gasteiger charge is 2.33. The molecule has 1 aromatic heterocycles. The van der Waals surface area contributed by atoms with Gasteiger partial charge >= 0.3 is 0 Å². The number of aliphatic hydroxyl groups excluding tert-OH is 1. The molecule has 0 spiro atoms. The van der Waals surface area contributed by atoms with Crippen molar-refractivity contribution in [1.29, 1.82) is 0 Å². The van der Waals surface area contributed by atoms with Crippen LogP contribution in [0.3, 0.4) is 0 Å². The summed E-state index contributed by atoms with van der Waals surface area (Å²) in [5, 5.41) is 12.6. The summed E-state index contributed by atoms with van der Waals surface area (Å²) in [6.45, 7) is 11.8. The van der Waals surface area contributed by atoms with Crippen molar-refractivity contribution in [3.63, 3.8) is 0 Å². The van der Waals surface area contributed by atoms with Gasteiger partial charge in [-0.1, -0.05) is 38.5 Å². The highest BCUT2D eigenvalue weighted by molar-refractivity contribution is 7.10. The summed E-state index contributed by atoms with van der Waals surface area (Å²) in [4.78, 5) is 18.8. The van der Waals surface area contributed by atoms with Crippen LogP contribution in [0.1, 0.15) is 49.2 Å². The SMILES string of the molecule is CCCN(CC(=O)N1CCc2sccc2C1COc1ccc(C)cc1)CC(O)COCC(C)C. The van der Waals surface area contributed by atoms with Gasteiger partial charge in [0.2, 0.25) is 5.91 Å². The summed E-state index contributed by atoms with van der Waals surface area (Å²) < 4.78 is 11.7. The molecule has 2 atom stereocenters. The van der Waals surface area contributed by atoms with Crippen LogP contribution in [0.4, 0.5) is 0 Å². The van der Waals surface area contributed by atoms with E-state index in [1.807, 2.05) is 34.1 Å². The van der Waals surface area contributed by atoms with E-state index in [9.17, 15) is 9.90 Å². The lowest BCUT2D eigenvalue weighted by Crippen LogP contribution is -2.48. The minimum absolute atomic E-state index is 0.0816. The number of aliphatic hydroxyl groups is 1. The lowest BCUT2D eigenvalue weighted by atomic mass is 10.0. The molecule has 1 aromatic carbocycles. The van der Waals surface area contributed by atoms with E-state index in [-0.39, 0.29) is 18.5 Å². The summed E-state index contributed by atoms with van der Waals surface area (Å²) in [6.07, 6.45) is 1.18. The summed E-state index contributed by atoms with van der Waals surface area (Å²) in [6, 6.07) is 10.0. The number of rotatable bonds is 13. The Hall–Kier alpha value is -1.93. The number of benzene rings is 1. The van der Waals surface area contributed by atoms with E-state index in [4.69, 9.17) is 9.47 Å². The van der Waals surface area contributed by atoms with Gasteiger partial charge in [0.25, 0.3) is 0 Å². The second-order valence-electron chi connectivity index (χ2n) is 9.60. The normalized spacial score (nSPS) is 16.7. The number of nitrogens with zero attached hydrogens (tertiary/aromatic N) is 2. The Kier molecular flexibility index (Phi) is 10.4. The number of thiophene rings is 1. The Bertz CT molecular complexity index is 883. The Morgan fingerprint density at radius 2 is 2.00 bits per heavy atom. The average Bonchev–Trinajstić information content (AvgIpc) is 3.27. The van der Waals surface area contributed by atoms with Gasteiger partial charge in [0.1, 0.15) is 12.4 Å². The molecule has 0 saturated heterocycles. The number of amides is 1. The monoisotopic (exact) mass is 488 g/mol. The Morgan fingerprint density at radius 1 is 1.24 bits per heavy atom. The quantitative estimate of drug-likeness (QED) is 0.455. The standard InChI is InChI=1S/C27H40N2O4S/c1-5-12-28(15-22(30)18-32-17-20(2)3)16-27(31)29-13-10-26-24(11-14-34-26)25(29)19-33-23-8-6-21(4)7-9-23/h6-9,11,14,20,22,25,30H,5,10,12-13,15-19H2,1-4H3. The third kappa shape index (κ3) is 7.80. The third-order valence-electron chi connectivity index (χ3n) is 5.97. The van der Waals surface area contributed by atoms with Gasteiger partial charge in [-0.25, -0.2) is 0 Å². The van der Waals surface area contributed by atoms with Crippen molar-refractivity contribution in [2.24, 2.45) is 5.92 Å². The molecule has 0 radical (unpaired) electrons. The van der Waals surface area contributed by atoms with E-state index in [0.717, 1.165) is 25.1 Å². The zero-order valence-corrected chi connectivity index (χ0v) is 21.9. The summed E-state index contributed by atoms with van der Waals surface area (Å²) in [5.41, 5.74) is 2.38. The summed E-state index contributed by atoms with van der Waals surface area (Å²) >= 11 is 1.76. The predicted octanol–water partition coefficient (Wildman–Crippen LogP) is 4.31. The minimum Gasteiger partial charge on any atom is -0.491 e. The van der Waals surface area contributed by atoms with Gasteiger partial charge < -0.3 is 19.5 Å². The van der Waals surface area contributed by atoms with Gasteiger partial charge in [0, 0.05) is 24.6 Å². The maximum atomic E-state index is 13.5. The van der Waals surface area contributed by atoms with Crippen molar-refractivity contribution >= 4 is 17.2 Å². The van der Waals surface area contributed by atoms with E-state index in [0.29, 0.717) is 38.8 Å². The number of carbonyl (C=O) groups is 1. The van der Waals surface area contributed by atoms with Crippen LogP contribution in [-0.2, 0) is 16.0 Å². The maximum Gasteiger partial charge on any atom is 0.237 e. The van der Waals surface area contributed by atoms with Gasteiger partial charge in [-0.05, 0) is 61.4 Å². The van der Waals surface area contributed by atoms with Crippen LogP contribution < -0.4 is 4.74 Å².